The quantitative estimate of drug-likeness (QED) is 0.804. The van der Waals surface area contributed by atoms with Crippen LogP contribution in [0.25, 0.3) is 11.5 Å². The van der Waals surface area contributed by atoms with Gasteiger partial charge in [0.25, 0.3) is 5.22 Å². The standard InChI is InChI=1S/C16H20N4O3S/c1-8(2)12(13(21)18-15(17)22)24-16-20-19-14(23-16)11-6-9(3)5-10(4)7-11/h5-8,12H,1-4H3,(H3,17,18,21,22)/t12-/m1/s1. The molecule has 0 unspecified atom stereocenters. The van der Waals surface area contributed by atoms with E-state index in [1.807, 2.05) is 39.8 Å². The molecule has 8 heteroatoms. The summed E-state index contributed by atoms with van der Waals surface area (Å²) in [4.78, 5) is 22.9. The number of rotatable bonds is 5. The fourth-order valence-electron chi connectivity index (χ4n) is 2.27. The van der Waals surface area contributed by atoms with E-state index in [2.05, 4.69) is 21.6 Å². The van der Waals surface area contributed by atoms with Gasteiger partial charge in [-0.05, 0) is 31.9 Å². The summed E-state index contributed by atoms with van der Waals surface area (Å²) in [5, 5.41) is 9.81. The molecular formula is C16H20N4O3S. The fourth-order valence-corrected chi connectivity index (χ4v) is 3.14. The minimum Gasteiger partial charge on any atom is -0.411 e. The van der Waals surface area contributed by atoms with Gasteiger partial charge in [-0.3, -0.25) is 10.1 Å². The Morgan fingerprint density at radius 2 is 1.79 bits per heavy atom. The number of urea groups is 1. The van der Waals surface area contributed by atoms with Crippen molar-refractivity contribution in [2.45, 2.75) is 38.2 Å². The molecule has 24 heavy (non-hydrogen) atoms. The van der Waals surface area contributed by atoms with E-state index >= 15 is 0 Å². The lowest BCUT2D eigenvalue weighted by Crippen LogP contribution is -2.42. The lowest BCUT2D eigenvalue weighted by molar-refractivity contribution is -0.120. The molecule has 0 aliphatic carbocycles. The molecule has 128 valence electrons. The van der Waals surface area contributed by atoms with Crippen molar-refractivity contribution in [1.82, 2.24) is 15.5 Å². The van der Waals surface area contributed by atoms with Crippen molar-refractivity contribution in [2.75, 3.05) is 0 Å². The third-order valence-electron chi connectivity index (χ3n) is 3.21. The first-order valence-electron chi connectivity index (χ1n) is 7.45. The maximum absolute atomic E-state index is 12.0. The number of carbonyl (C=O) groups is 2. The summed E-state index contributed by atoms with van der Waals surface area (Å²) in [6.45, 7) is 7.70. The molecule has 1 aromatic carbocycles. The summed E-state index contributed by atoms with van der Waals surface area (Å²) < 4.78 is 5.66. The number of hydrogen-bond acceptors (Lipinski definition) is 6. The normalized spacial score (nSPS) is 12.2. The van der Waals surface area contributed by atoms with Crippen molar-refractivity contribution in [1.29, 1.82) is 0 Å². The molecule has 1 heterocycles. The van der Waals surface area contributed by atoms with Crippen LogP contribution in [-0.2, 0) is 4.79 Å². The lowest BCUT2D eigenvalue weighted by Gasteiger charge is -2.16. The first-order valence-corrected chi connectivity index (χ1v) is 8.33. The van der Waals surface area contributed by atoms with Crippen LogP contribution in [0.5, 0.6) is 0 Å². The summed E-state index contributed by atoms with van der Waals surface area (Å²) in [5.41, 5.74) is 8.02. The Labute approximate surface area is 144 Å². The molecule has 0 spiro atoms. The van der Waals surface area contributed by atoms with E-state index in [0.717, 1.165) is 28.5 Å². The van der Waals surface area contributed by atoms with Gasteiger partial charge in [0.2, 0.25) is 11.8 Å². The van der Waals surface area contributed by atoms with Gasteiger partial charge in [-0.1, -0.05) is 42.8 Å². The molecule has 1 atom stereocenters. The van der Waals surface area contributed by atoms with Crippen molar-refractivity contribution in [2.24, 2.45) is 11.7 Å². The van der Waals surface area contributed by atoms with Crippen LogP contribution in [-0.4, -0.2) is 27.4 Å². The number of nitrogens with one attached hydrogen (secondary N) is 1. The second kappa shape index (κ2) is 7.48. The third kappa shape index (κ3) is 4.58. The van der Waals surface area contributed by atoms with Gasteiger partial charge in [0.05, 0.1) is 5.25 Å². The number of aromatic nitrogens is 2. The highest BCUT2D eigenvalue weighted by Crippen LogP contribution is 2.30. The highest BCUT2D eigenvalue weighted by molar-refractivity contribution is 8.00. The number of benzene rings is 1. The minimum absolute atomic E-state index is 0.0501. The smallest absolute Gasteiger partial charge is 0.318 e. The molecule has 3 amide bonds. The Bertz CT molecular complexity index is 737. The fraction of sp³-hybridized carbons (Fsp3) is 0.375. The van der Waals surface area contributed by atoms with Gasteiger partial charge in [0.15, 0.2) is 0 Å². The van der Waals surface area contributed by atoms with Crippen LogP contribution < -0.4 is 11.1 Å². The van der Waals surface area contributed by atoms with Crippen molar-refractivity contribution < 1.29 is 14.0 Å². The molecule has 0 saturated heterocycles. The SMILES string of the molecule is Cc1cc(C)cc(-c2nnc(S[C@@H](C(=O)NC(N)=O)C(C)C)o2)c1. The van der Waals surface area contributed by atoms with E-state index in [9.17, 15) is 9.59 Å². The van der Waals surface area contributed by atoms with Gasteiger partial charge in [-0.25, -0.2) is 4.79 Å². The number of primary amides is 1. The van der Waals surface area contributed by atoms with E-state index in [0.29, 0.717) is 5.89 Å². The highest BCUT2D eigenvalue weighted by atomic mass is 32.2. The Hall–Kier alpha value is -2.35. The first kappa shape index (κ1) is 18.0. The Balaban J connectivity index is 2.19. The second-order valence-corrected chi connectivity index (χ2v) is 6.98. The molecule has 3 N–H and O–H groups in total. The van der Waals surface area contributed by atoms with Crippen molar-refractivity contribution in [3.8, 4) is 11.5 Å². The number of imide groups is 1. The van der Waals surface area contributed by atoms with Gasteiger partial charge in [0.1, 0.15) is 0 Å². The van der Waals surface area contributed by atoms with Gasteiger partial charge < -0.3 is 10.2 Å². The van der Waals surface area contributed by atoms with Crippen LogP contribution in [0.2, 0.25) is 0 Å². The largest absolute Gasteiger partial charge is 0.411 e. The van der Waals surface area contributed by atoms with E-state index in [-0.39, 0.29) is 11.1 Å². The summed E-state index contributed by atoms with van der Waals surface area (Å²) >= 11 is 1.11. The van der Waals surface area contributed by atoms with Crippen LogP contribution in [0.4, 0.5) is 4.79 Å². The molecule has 0 aliphatic heterocycles. The van der Waals surface area contributed by atoms with Crippen LogP contribution in [0.15, 0.2) is 27.8 Å². The van der Waals surface area contributed by atoms with E-state index in [1.165, 1.54) is 0 Å². The van der Waals surface area contributed by atoms with Gasteiger partial charge in [0, 0.05) is 5.56 Å². The molecule has 0 bridgehead atoms. The maximum Gasteiger partial charge on any atom is 0.318 e. The molecule has 0 fully saturated rings. The van der Waals surface area contributed by atoms with E-state index in [1.54, 1.807) is 0 Å². The molecule has 1 aromatic heterocycles. The predicted molar refractivity (Wildman–Crippen MR) is 91.4 cm³/mol. The zero-order chi connectivity index (χ0) is 17.9. The second-order valence-electron chi connectivity index (χ2n) is 5.89. The predicted octanol–water partition coefficient (Wildman–Crippen LogP) is 2.67. The van der Waals surface area contributed by atoms with Crippen molar-refractivity contribution in [3.63, 3.8) is 0 Å². The summed E-state index contributed by atoms with van der Waals surface area (Å²) in [6, 6.07) is 5.08. The van der Waals surface area contributed by atoms with Crippen molar-refractivity contribution in [3.05, 3.63) is 29.3 Å². The molecule has 7 nitrogen and oxygen atoms in total. The number of hydrogen-bond donors (Lipinski definition) is 2. The minimum atomic E-state index is -0.882. The first-order chi connectivity index (χ1) is 11.3. The Kier molecular flexibility index (Phi) is 5.61. The van der Waals surface area contributed by atoms with Crippen LogP contribution in [0.1, 0.15) is 25.0 Å². The number of thioether (sulfide) groups is 1. The van der Waals surface area contributed by atoms with E-state index < -0.39 is 17.2 Å². The Morgan fingerprint density at radius 3 is 2.33 bits per heavy atom. The number of carbonyl (C=O) groups excluding carboxylic acids is 2. The third-order valence-corrected chi connectivity index (χ3v) is 4.59. The number of aryl methyl sites for hydroxylation is 2. The Morgan fingerprint density at radius 1 is 1.17 bits per heavy atom. The van der Waals surface area contributed by atoms with Gasteiger partial charge >= 0.3 is 6.03 Å². The van der Waals surface area contributed by atoms with Gasteiger partial charge in [-0.2, -0.15) is 0 Å². The van der Waals surface area contributed by atoms with Crippen LogP contribution in [0, 0.1) is 19.8 Å². The van der Waals surface area contributed by atoms with Crippen LogP contribution in [0.3, 0.4) is 0 Å². The summed E-state index contributed by atoms with van der Waals surface area (Å²) in [7, 11) is 0. The molecule has 0 saturated carbocycles. The maximum atomic E-state index is 12.0. The number of nitrogens with two attached hydrogens (primary N) is 1. The highest BCUT2D eigenvalue weighted by Gasteiger charge is 2.27. The summed E-state index contributed by atoms with van der Waals surface area (Å²) in [6.07, 6.45) is 0. The van der Waals surface area contributed by atoms with Crippen LogP contribution >= 0.6 is 11.8 Å². The summed E-state index contributed by atoms with van der Waals surface area (Å²) in [5.74, 6) is -0.137. The molecule has 2 rings (SSSR count). The lowest BCUT2D eigenvalue weighted by atomic mass is 10.1. The van der Waals surface area contributed by atoms with Gasteiger partial charge in [-0.15, -0.1) is 10.2 Å². The monoisotopic (exact) mass is 348 g/mol. The number of nitrogens with zero attached hydrogens (tertiary/aromatic N) is 2. The number of amides is 3. The molecule has 2 aromatic rings. The molecule has 0 radical (unpaired) electrons. The molecule has 0 aliphatic rings. The topological polar surface area (TPSA) is 111 Å². The van der Waals surface area contributed by atoms with Crippen molar-refractivity contribution >= 4 is 23.7 Å². The average molecular weight is 348 g/mol. The molecular weight excluding hydrogens is 328 g/mol. The van der Waals surface area contributed by atoms with E-state index in [4.69, 9.17) is 10.2 Å². The zero-order valence-electron chi connectivity index (χ0n) is 14.0. The average Bonchev–Trinajstić information content (AvgIpc) is 2.91. The zero-order valence-corrected chi connectivity index (χ0v) is 14.8.